The summed E-state index contributed by atoms with van der Waals surface area (Å²) in [5, 5.41) is 24.0. The highest BCUT2D eigenvalue weighted by Gasteiger charge is 2.76. The van der Waals surface area contributed by atoms with E-state index in [2.05, 4.69) is 74.3 Å². The zero-order valence-electron chi connectivity index (χ0n) is 24.2. The van der Waals surface area contributed by atoms with E-state index in [9.17, 15) is 15.0 Å². The molecular weight excluding hydrogens is 472 g/mol. The van der Waals surface area contributed by atoms with Gasteiger partial charge < -0.3 is 19.1 Å². The Bertz CT molecular complexity index is 929. The smallest absolute Gasteiger partial charge is 0.192 e. The van der Waals surface area contributed by atoms with E-state index in [0.717, 1.165) is 6.42 Å². The molecular formula is C28H50O5Si2. The van der Waals surface area contributed by atoms with Crippen LogP contribution in [-0.2, 0) is 13.6 Å². The first-order valence-electron chi connectivity index (χ1n) is 13.6. The van der Waals surface area contributed by atoms with Crippen LogP contribution in [-0.4, -0.2) is 56.0 Å². The third kappa shape index (κ3) is 3.94. The number of aliphatic hydroxyl groups excluding tert-OH is 1. The number of carbonyl (C=O) groups is 1. The lowest BCUT2D eigenvalue weighted by atomic mass is 9.62. The number of aliphatic hydroxyl groups is 2. The average Bonchev–Trinajstić information content (AvgIpc) is 3.05. The summed E-state index contributed by atoms with van der Waals surface area (Å²) in [5.74, 6) is 0.553. The Labute approximate surface area is 215 Å². The number of fused-ring (bicyclic) bond motifs is 5. The summed E-state index contributed by atoms with van der Waals surface area (Å²) in [6.07, 6.45) is 1.22. The van der Waals surface area contributed by atoms with Crippen molar-refractivity contribution >= 4 is 22.4 Å². The molecule has 4 rings (SSSR count). The van der Waals surface area contributed by atoms with Gasteiger partial charge in [-0.3, -0.25) is 4.79 Å². The van der Waals surface area contributed by atoms with Gasteiger partial charge >= 0.3 is 0 Å². The van der Waals surface area contributed by atoms with Crippen molar-refractivity contribution in [3.63, 3.8) is 0 Å². The van der Waals surface area contributed by atoms with Gasteiger partial charge in [0.2, 0.25) is 0 Å². The molecule has 0 aromatic rings. The van der Waals surface area contributed by atoms with Crippen molar-refractivity contribution in [2.75, 3.05) is 0 Å². The second-order valence-electron chi connectivity index (χ2n) is 15.4. The molecule has 2 N–H and O–H groups in total. The zero-order chi connectivity index (χ0) is 26.7. The molecule has 3 fully saturated rings. The molecule has 4 aliphatic rings. The summed E-state index contributed by atoms with van der Waals surface area (Å²) >= 11 is 0. The first kappa shape index (κ1) is 27.7. The minimum Gasteiger partial charge on any atom is -0.413 e. The van der Waals surface area contributed by atoms with Crippen LogP contribution in [0.1, 0.15) is 61.3 Å². The van der Waals surface area contributed by atoms with Gasteiger partial charge in [0.1, 0.15) is 5.60 Å². The van der Waals surface area contributed by atoms with E-state index in [1.807, 2.05) is 6.92 Å². The topological polar surface area (TPSA) is 76.0 Å². The minimum absolute atomic E-state index is 0.00697. The van der Waals surface area contributed by atoms with Crippen LogP contribution in [0.2, 0.25) is 37.8 Å². The molecule has 0 radical (unpaired) electrons. The molecule has 200 valence electrons. The summed E-state index contributed by atoms with van der Waals surface area (Å²) in [6, 6.07) is 0. The molecule has 3 unspecified atom stereocenters. The zero-order valence-corrected chi connectivity index (χ0v) is 26.2. The lowest BCUT2D eigenvalue weighted by molar-refractivity contribution is -0.124. The Kier molecular flexibility index (Phi) is 6.22. The van der Waals surface area contributed by atoms with E-state index < -0.39 is 33.9 Å². The monoisotopic (exact) mass is 522 g/mol. The molecule has 0 bridgehead atoms. The quantitative estimate of drug-likeness (QED) is 0.474. The molecule has 0 aliphatic heterocycles. The Morgan fingerprint density at radius 1 is 1.06 bits per heavy atom. The fourth-order valence-electron chi connectivity index (χ4n) is 7.78. The van der Waals surface area contributed by atoms with Crippen molar-refractivity contribution in [1.29, 1.82) is 0 Å². The van der Waals surface area contributed by atoms with Crippen molar-refractivity contribution in [1.82, 2.24) is 0 Å². The number of ketones is 1. The van der Waals surface area contributed by atoms with Gasteiger partial charge in [-0.25, -0.2) is 0 Å². The highest BCUT2D eigenvalue weighted by atomic mass is 28.4. The van der Waals surface area contributed by atoms with Crippen LogP contribution in [0.4, 0.5) is 0 Å². The largest absolute Gasteiger partial charge is 0.413 e. The van der Waals surface area contributed by atoms with Gasteiger partial charge in [0.05, 0.1) is 17.8 Å². The van der Waals surface area contributed by atoms with Gasteiger partial charge in [-0.1, -0.05) is 48.5 Å². The maximum atomic E-state index is 12.9. The molecule has 0 amide bonds. The van der Waals surface area contributed by atoms with Crippen molar-refractivity contribution in [2.24, 2.45) is 35.0 Å². The van der Waals surface area contributed by atoms with Gasteiger partial charge in [0, 0.05) is 18.3 Å². The van der Waals surface area contributed by atoms with Crippen molar-refractivity contribution in [2.45, 2.75) is 122 Å². The fraction of sp³-hybridized carbons (Fsp3) is 0.893. The standard InChI is InChI=1S/C28H50O5Si2/c1-16-13-19-21(26(19,6)7)22-23(32-35(11,12)25(3,4)5)17(2)24(30)27(31)15-18(29)14-20(27)28(16,22)33-34(8,9)10/h14,16-17,19,21-24,30-31H,13,15H2,1-12H3/t16-,17+,19?,21?,22?,23-,24-,27+,28+/m1/s1. The summed E-state index contributed by atoms with van der Waals surface area (Å²) in [6.45, 7) is 26.9. The fourth-order valence-corrected chi connectivity index (χ4v) is 10.6. The maximum Gasteiger partial charge on any atom is 0.192 e. The Morgan fingerprint density at radius 3 is 2.14 bits per heavy atom. The number of hydrogen-bond donors (Lipinski definition) is 2. The number of hydrogen-bond acceptors (Lipinski definition) is 5. The Balaban J connectivity index is 2.02. The molecule has 35 heavy (non-hydrogen) atoms. The molecule has 4 aliphatic carbocycles. The highest BCUT2D eigenvalue weighted by molar-refractivity contribution is 6.74. The second kappa shape index (κ2) is 7.85. The van der Waals surface area contributed by atoms with Crippen LogP contribution in [0.15, 0.2) is 11.6 Å². The van der Waals surface area contributed by atoms with Gasteiger partial charge in [-0.05, 0) is 79.0 Å². The average molecular weight is 523 g/mol. The molecule has 3 saturated carbocycles. The molecule has 9 atom stereocenters. The summed E-state index contributed by atoms with van der Waals surface area (Å²) in [5.41, 5.74) is -1.66. The number of allylic oxidation sites excluding steroid dienone is 1. The molecule has 7 heteroatoms. The van der Waals surface area contributed by atoms with Gasteiger partial charge in [-0.15, -0.1) is 0 Å². The van der Waals surface area contributed by atoms with Gasteiger partial charge in [-0.2, -0.15) is 0 Å². The SMILES string of the molecule is C[C@@H]1[C@@H](O)[C@]2(O)CC(=O)C=C2[C@]2(O[Si](C)(C)C)C(C3C(C[C@H]2C)C3(C)C)[C@@H]1O[Si](C)(C)C(C)(C)C. The van der Waals surface area contributed by atoms with Crippen LogP contribution in [0.25, 0.3) is 0 Å². The van der Waals surface area contributed by atoms with Gasteiger partial charge in [0.25, 0.3) is 0 Å². The van der Waals surface area contributed by atoms with E-state index in [-0.39, 0.29) is 46.5 Å². The second-order valence-corrected chi connectivity index (χ2v) is 24.6. The van der Waals surface area contributed by atoms with Crippen LogP contribution in [0.5, 0.6) is 0 Å². The first-order valence-corrected chi connectivity index (χ1v) is 20.0. The first-order chi connectivity index (χ1) is 15.6. The Hall–Kier alpha value is -0.316. The predicted octanol–water partition coefficient (Wildman–Crippen LogP) is 5.54. The normalized spacial score (nSPS) is 45.3. The van der Waals surface area contributed by atoms with E-state index in [4.69, 9.17) is 8.85 Å². The van der Waals surface area contributed by atoms with Crippen molar-refractivity contribution in [3.8, 4) is 0 Å². The van der Waals surface area contributed by atoms with Crippen LogP contribution >= 0.6 is 0 Å². The third-order valence-electron chi connectivity index (χ3n) is 10.6. The van der Waals surface area contributed by atoms with E-state index in [1.165, 1.54) is 0 Å². The minimum atomic E-state index is -2.23. The molecule has 0 aromatic heterocycles. The maximum absolute atomic E-state index is 12.9. The Morgan fingerprint density at radius 2 is 1.63 bits per heavy atom. The van der Waals surface area contributed by atoms with E-state index in [0.29, 0.717) is 17.4 Å². The number of rotatable bonds is 4. The van der Waals surface area contributed by atoms with Crippen LogP contribution in [0.3, 0.4) is 0 Å². The molecule has 0 saturated heterocycles. The summed E-state index contributed by atoms with van der Waals surface area (Å²) in [4.78, 5) is 12.9. The third-order valence-corrected chi connectivity index (χ3v) is 16.0. The molecule has 0 spiro atoms. The van der Waals surface area contributed by atoms with E-state index >= 15 is 0 Å². The summed E-state index contributed by atoms with van der Waals surface area (Å²) < 4.78 is 14.6. The summed E-state index contributed by atoms with van der Waals surface area (Å²) in [7, 11) is -4.39. The number of carbonyl (C=O) groups excluding carboxylic acids is 1. The molecule has 0 aromatic carbocycles. The van der Waals surface area contributed by atoms with Crippen molar-refractivity contribution in [3.05, 3.63) is 11.6 Å². The van der Waals surface area contributed by atoms with Crippen LogP contribution in [0, 0.1) is 35.0 Å². The van der Waals surface area contributed by atoms with Crippen LogP contribution < -0.4 is 0 Å². The van der Waals surface area contributed by atoms with Crippen molar-refractivity contribution < 1.29 is 23.9 Å². The highest BCUT2D eigenvalue weighted by Crippen LogP contribution is 2.74. The van der Waals surface area contributed by atoms with Gasteiger partial charge in [0.15, 0.2) is 22.4 Å². The lowest BCUT2D eigenvalue weighted by Gasteiger charge is -2.56. The lowest BCUT2D eigenvalue weighted by Crippen LogP contribution is -2.62. The predicted molar refractivity (Wildman–Crippen MR) is 145 cm³/mol. The molecule has 0 heterocycles. The molecule has 5 nitrogen and oxygen atoms in total. The van der Waals surface area contributed by atoms with E-state index in [1.54, 1.807) is 6.08 Å².